The standard InChI is InChI=1S/C20H22N8O8S/c29-11-17-21-1-3-25(17)13-5-15-9-23(7-13)19(31)27(15)35-37(33,34)36-28-16-6-14(8-24(10-16)20(28)32)26-4-2-22-18(26)12-30/h1-6,15-16,29-30H,7-12H2. The Balaban J connectivity index is 1.20. The number of imidazole rings is 2. The summed E-state index contributed by atoms with van der Waals surface area (Å²) in [5.41, 5.74) is 1.23. The molecule has 4 aliphatic rings. The van der Waals surface area contributed by atoms with E-state index in [1.165, 1.54) is 22.2 Å². The van der Waals surface area contributed by atoms with E-state index in [4.69, 9.17) is 8.57 Å². The van der Waals surface area contributed by atoms with Crippen molar-refractivity contribution in [1.29, 1.82) is 0 Å². The zero-order valence-corrected chi connectivity index (χ0v) is 20.0. The van der Waals surface area contributed by atoms with Gasteiger partial charge in [-0.25, -0.2) is 19.6 Å². The summed E-state index contributed by atoms with van der Waals surface area (Å²) in [6, 6.07) is -2.90. The van der Waals surface area contributed by atoms with E-state index in [1.807, 2.05) is 0 Å². The van der Waals surface area contributed by atoms with Crippen LogP contribution >= 0.6 is 0 Å². The summed E-state index contributed by atoms with van der Waals surface area (Å²) < 4.78 is 38.9. The fraction of sp³-hybridized carbons (Fsp3) is 0.400. The highest BCUT2D eigenvalue weighted by molar-refractivity contribution is 7.81. The number of fused-ring (bicyclic) bond motifs is 4. The molecule has 6 rings (SSSR count). The Morgan fingerprint density at radius 2 is 1.24 bits per heavy atom. The van der Waals surface area contributed by atoms with Crippen LogP contribution in [0.3, 0.4) is 0 Å². The second-order valence-electron chi connectivity index (χ2n) is 8.73. The van der Waals surface area contributed by atoms with Crippen molar-refractivity contribution in [2.24, 2.45) is 0 Å². The lowest BCUT2D eigenvalue weighted by Gasteiger charge is -2.23. The van der Waals surface area contributed by atoms with Gasteiger partial charge in [0, 0.05) is 49.3 Å². The van der Waals surface area contributed by atoms with E-state index in [1.54, 1.807) is 33.7 Å². The molecule has 2 unspecified atom stereocenters. The predicted molar refractivity (Wildman–Crippen MR) is 121 cm³/mol. The van der Waals surface area contributed by atoms with Gasteiger partial charge in [0.25, 0.3) is 0 Å². The number of hydrogen-bond acceptors (Lipinski definition) is 10. The van der Waals surface area contributed by atoms with Crippen molar-refractivity contribution < 1.29 is 36.8 Å². The molecule has 4 amide bonds. The molecule has 0 aromatic carbocycles. The lowest BCUT2D eigenvalue weighted by Crippen LogP contribution is -2.40. The van der Waals surface area contributed by atoms with Gasteiger partial charge in [-0.2, -0.15) is 18.5 Å². The van der Waals surface area contributed by atoms with Crippen molar-refractivity contribution in [3.8, 4) is 0 Å². The normalized spacial score (nSPS) is 23.3. The molecule has 4 aliphatic heterocycles. The van der Waals surface area contributed by atoms with Gasteiger partial charge < -0.3 is 29.1 Å². The minimum atomic E-state index is -4.88. The topological polar surface area (TPSA) is 176 Å². The van der Waals surface area contributed by atoms with Crippen LogP contribution in [0.2, 0.25) is 0 Å². The molecule has 2 atom stereocenters. The molecule has 196 valence electrons. The molecule has 2 aromatic heterocycles. The van der Waals surface area contributed by atoms with E-state index < -0.39 is 34.5 Å². The van der Waals surface area contributed by atoms with Crippen molar-refractivity contribution in [3.05, 3.63) is 48.6 Å². The highest BCUT2D eigenvalue weighted by atomic mass is 32.3. The highest BCUT2D eigenvalue weighted by Crippen LogP contribution is 2.31. The molecule has 2 N–H and O–H groups in total. The Hall–Kier alpha value is -3.77. The number of amides is 4. The number of hydroxylamine groups is 4. The smallest absolute Gasteiger partial charge is 0.388 e. The number of carbonyl (C=O) groups excluding carboxylic acids is 2. The number of rotatable bonds is 8. The van der Waals surface area contributed by atoms with Crippen LogP contribution in [0.1, 0.15) is 11.6 Å². The molecule has 0 aliphatic carbocycles. The maximum atomic E-state index is 12.8. The molecule has 2 saturated heterocycles. The molecule has 16 nitrogen and oxygen atoms in total. The maximum absolute atomic E-state index is 12.8. The van der Waals surface area contributed by atoms with Crippen LogP contribution in [0.15, 0.2) is 36.9 Å². The first-order valence-electron chi connectivity index (χ1n) is 11.3. The van der Waals surface area contributed by atoms with Crippen LogP contribution in [-0.2, 0) is 32.2 Å². The van der Waals surface area contributed by atoms with Gasteiger partial charge in [-0.05, 0) is 12.2 Å². The number of carbonyl (C=O) groups is 2. The summed E-state index contributed by atoms with van der Waals surface area (Å²) in [7, 11) is -4.88. The van der Waals surface area contributed by atoms with E-state index in [-0.39, 0.29) is 39.4 Å². The van der Waals surface area contributed by atoms with Gasteiger partial charge in [0.15, 0.2) is 0 Å². The monoisotopic (exact) mass is 534 g/mol. The number of hydrogen-bond donors (Lipinski definition) is 2. The first-order valence-corrected chi connectivity index (χ1v) is 12.6. The van der Waals surface area contributed by atoms with Crippen molar-refractivity contribution in [2.75, 3.05) is 26.2 Å². The molecule has 0 spiro atoms. The minimum Gasteiger partial charge on any atom is -0.388 e. The van der Waals surface area contributed by atoms with E-state index in [9.17, 15) is 28.2 Å². The summed E-state index contributed by atoms with van der Waals surface area (Å²) in [6.45, 7) is 0.0452. The highest BCUT2D eigenvalue weighted by Gasteiger charge is 2.47. The Kier molecular flexibility index (Phi) is 5.53. The summed E-state index contributed by atoms with van der Waals surface area (Å²) >= 11 is 0. The lowest BCUT2D eigenvalue weighted by molar-refractivity contribution is -0.0723. The molecular formula is C20H22N8O8S. The molecule has 2 fully saturated rings. The molecule has 17 heteroatoms. The van der Waals surface area contributed by atoms with Crippen molar-refractivity contribution >= 4 is 33.9 Å². The Bertz CT molecular complexity index is 1330. The van der Waals surface area contributed by atoms with Crippen LogP contribution in [-0.4, -0.2) is 108 Å². The first-order chi connectivity index (χ1) is 17.8. The molecule has 37 heavy (non-hydrogen) atoms. The van der Waals surface area contributed by atoms with Gasteiger partial charge in [0.05, 0.1) is 13.1 Å². The number of aliphatic hydroxyl groups is 2. The average molecular weight is 535 g/mol. The third-order valence-corrected chi connectivity index (χ3v) is 7.18. The lowest BCUT2D eigenvalue weighted by atomic mass is 10.2. The zero-order chi connectivity index (χ0) is 25.9. The second kappa shape index (κ2) is 8.67. The Morgan fingerprint density at radius 1 is 0.811 bits per heavy atom. The predicted octanol–water partition coefficient (Wildman–Crippen LogP) is -1.21. The quantitative estimate of drug-likeness (QED) is 0.418. The van der Waals surface area contributed by atoms with Crippen LogP contribution in [0.25, 0.3) is 11.4 Å². The van der Waals surface area contributed by atoms with Gasteiger partial charge in [0.2, 0.25) is 0 Å². The number of aromatic nitrogens is 4. The van der Waals surface area contributed by atoms with Crippen LogP contribution in [0, 0.1) is 0 Å². The molecular weight excluding hydrogens is 512 g/mol. The SMILES string of the molecule is O=C1N2CC(n3ccnc3CO)=CC(C2)N1OS(=O)(=O)ON1C(=O)N2CC(n3ccnc3CO)=CC1C2. The number of urea groups is 2. The van der Waals surface area contributed by atoms with Crippen LogP contribution < -0.4 is 0 Å². The van der Waals surface area contributed by atoms with Crippen LogP contribution in [0.5, 0.6) is 0 Å². The van der Waals surface area contributed by atoms with Gasteiger partial charge in [-0.3, -0.25) is 0 Å². The fourth-order valence-corrected chi connectivity index (χ4v) is 5.66. The summed E-state index contributed by atoms with van der Waals surface area (Å²) in [6.07, 6.45) is 9.56. The van der Waals surface area contributed by atoms with Gasteiger partial charge in [-0.15, -0.1) is 8.57 Å². The zero-order valence-electron chi connectivity index (χ0n) is 19.2. The van der Waals surface area contributed by atoms with Crippen molar-refractivity contribution in [2.45, 2.75) is 25.3 Å². The van der Waals surface area contributed by atoms with Crippen molar-refractivity contribution in [1.82, 2.24) is 39.0 Å². The Morgan fingerprint density at radius 3 is 1.65 bits per heavy atom. The molecule has 2 aromatic rings. The Labute approximate surface area is 210 Å². The molecule has 6 heterocycles. The molecule has 0 saturated carbocycles. The van der Waals surface area contributed by atoms with E-state index in [0.29, 0.717) is 33.2 Å². The maximum Gasteiger partial charge on any atom is 0.442 e. The largest absolute Gasteiger partial charge is 0.442 e. The second-order valence-corrected chi connectivity index (χ2v) is 9.84. The molecule has 0 radical (unpaired) electrons. The summed E-state index contributed by atoms with van der Waals surface area (Å²) in [5, 5.41) is 20.3. The van der Waals surface area contributed by atoms with Gasteiger partial charge >= 0.3 is 22.5 Å². The minimum absolute atomic E-state index is 0.152. The fourth-order valence-electron chi connectivity index (χ4n) is 4.89. The first kappa shape index (κ1) is 23.6. The van der Waals surface area contributed by atoms with Crippen molar-refractivity contribution in [3.63, 3.8) is 0 Å². The third-order valence-electron chi connectivity index (χ3n) is 6.49. The summed E-state index contributed by atoms with van der Waals surface area (Å²) in [5.74, 6) is 0.736. The van der Waals surface area contributed by atoms with Gasteiger partial charge in [0.1, 0.15) is 36.9 Å². The average Bonchev–Trinajstić information content (AvgIpc) is 3.65. The van der Waals surface area contributed by atoms with Crippen LogP contribution in [0.4, 0.5) is 9.59 Å². The number of nitrogens with zero attached hydrogens (tertiary/aromatic N) is 8. The molecule has 4 bridgehead atoms. The van der Waals surface area contributed by atoms with E-state index >= 15 is 0 Å². The van der Waals surface area contributed by atoms with E-state index in [0.717, 1.165) is 0 Å². The summed E-state index contributed by atoms with van der Waals surface area (Å²) in [4.78, 5) is 36.5. The van der Waals surface area contributed by atoms with Gasteiger partial charge in [-0.1, -0.05) is 0 Å². The third kappa shape index (κ3) is 3.96. The van der Waals surface area contributed by atoms with E-state index in [2.05, 4.69) is 9.97 Å². The number of aliphatic hydroxyl groups excluding tert-OH is 2.